The molecule has 2 heterocycles. The Morgan fingerprint density at radius 1 is 1.03 bits per heavy atom. The van der Waals surface area contributed by atoms with Crippen molar-refractivity contribution in [1.82, 2.24) is 4.90 Å². The van der Waals surface area contributed by atoms with Gasteiger partial charge in [-0.3, -0.25) is 14.7 Å². The van der Waals surface area contributed by atoms with Crippen molar-refractivity contribution in [3.8, 4) is 0 Å². The molecule has 0 spiro atoms. The second kappa shape index (κ2) is 9.65. The van der Waals surface area contributed by atoms with Crippen molar-refractivity contribution in [3.63, 3.8) is 0 Å². The van der Waals surface area contributed by atoms with Crippen LogP contribution in [0.2, 0.25) is 0 Å². The Kier molecular flexibility index (Phi) is 7.40. The first kappa shape index (κ1) is 23.0. The fourth-order valence-electron chi connectivity index (χ4n) is 3.81. The van der Waals surface area contributed by atoms with Gasteiger partial charge in [0, 0.05) is 19.4 Å². The average molecular weight is 412 g/mol. The van der Waals surface area contributed by atoms with Gasteiger partial charge in [-0.2, -0.15) is 0 Å². The molecule has 3 rings (SSSR count). The van der Waals surface area contributed by atoms with Crippen LogP contribution in [0.3, 0.4) is 0 Å². The SMILES string of the molecule is CCCCC1=NCCCCCC(=O)N1Cc1ccc(B2OC(C)(C)C(C)(C)O2)cc1. The number of amides is 1. The van der Waals surface area contributed by atoms with E-state index in [2.05, 4.69) is 58.9 Å². The summed E-state index contributed by atoms with van der Waals surface area (Å²) in [6, 6.07) is 8.28. The van der Waals surface area contributed by atoms with Gasteiger partial charge in [-0.1, -0.05) is 44.0 Å². The summed E-state index contributed by atoms with van der Waals surface area (Å²) >= 11 is 0. The third kappa shape index (κ3) is 5.33. The van der Waals surface area contributed by atoms with Crippen LogP contribution >= 0.6 is 0 Å². The molecule has 0 atom stereocenters. The van der Waals surface area contributed by atoms with E-state index in [1.54, 1.807) is 0 Å². The summed E-state index contributed by atoms with van der Waals surface area (Å²) in [6.45, 7) is 11.8. The lowest BCUT2D eigenvalue weighted by Crippen LogP contribution is -2.41. The zero-order valence-electron chi connectivity index (χ0n) is 19.4. The molecule has 0 N–H and O–H groups in total. The van der Waals surface area contributed by atoms with Crippen LogP contribution < -0.4 is 5.46 Å². The van der Waals surface area contributed by atoms with E-state index in [9.17, 15) is 4.79 Å². The van der Waals surface area contributed by atoms with E-state index in [1.165, 1.54) is 0 Å². The van der Waals surface area contributed by atoms with Crippen LogP contribution in [0.5, 0.6) is 0 Å². The highest BCUT2D eigenvalue weighted by Gasteiger charge is 2.51. The minimum atomic E-state index is -0.363. The molecule has 30 heavy (non-hydrogen) atoms. The van der Waals surface area contributed by atoms with Gasteiger partial charge in [0.2, 0.25) is 5.91 Å². The number of benzene rings is 1. The maximum absolute atomic E-state index is 12.9. The highest BCUT2D eigenvalue weighted by atomic mass is 16.7. The van der Waals surface area contributed by atoms with Crippen LogP contribution in [-0.4, -0.2) is 41.5 Å². The molecule has 1 aromatic rings. The number of nitrogens with zero attached hydrogens (tertiary/aromatic N) is 2. The number of unbranched alkanes of at least 4 members (excludes halogenated alkanes) is 1. The Balaban J connectivity index is 1.74. The predicted octanol–water partition coefficient (Wildman–Crippen LogP) is 4.48. The highest BCUT2D eigenvalue weighted by molar-refractivity contribution is 6.62. The van der Waals surface area contributed by atoms with Gasteiger partial charge >= 0.3 is 7.12 Å². The molecule has 0 saturated carbocycles. The van der Waals surface area contributed by atoms with Crippen molar-refractivity contribution in [2.24, 2.45) is 4.99 Å². The van der Waals surface area contributed by atoms with Gasteiger partial charge in [-0.05, 0) is 58.0 Å². The van der Waals surface area contributed by atoms with Gasteiger partial charge in [0.15, 0.2) is 0 Å². The Labute approximate surface area is 182 Å². The molecular formula is C24H37BN2O3. The minimum absolute atomic E-state index is 0.196. The lowest BCUT2D eigenvalue weighted by atomic mass is 9.79. The number of carbonyl (C=O) groups excluding carboxylic acids is 1. The highest BCUT2D eigenvalue weighted by Crippen LogP contribution is 2.36. The lowest BCUT2D eigenvalue weighted by Gasteiger charge is -2.32. The number of rotatable bonds is 6. The van der Waals surface area contributed by atoms with Crippen molar-refractivity contribution >= 4 is 24.3 Å². The molecule has 0 unspecified atom stereocenters. The van der Waals surface area contributed by atoms with Crippen LogP contribution in [0.15, 0.2) is 29.3 Å². The number of aliphatic imine (C=N–C) groups is 1. The summed E-state index contributed by atoms with van der Waals surface area (Å²) in [4.78, 5) is 19.6. The fraction of sp³-hybridized carbons (Fsp3) is 0.667. The molecule has 1 amide bonds. The number of hydrogen-bond donors (Lipinski definition) is 0. The zero-order chi connectivity index (χ0) is 21.8. The smallest absolute Gasteiger partial charge is 0.399 e. The van der Waals surface area contributed by atoms with Crippen molar-refractivity contribution in [3.05, 3.63) is 29.8 Å². The molecular weight excluding hydrogens is 375 g/mol. The van der Waals surface area contributed by atoms with Crippen LogP contribution in [0.4, 0.5) is 0 Å². The predicted molar refractivity (Wildman–Crippen MR) is 123 cm³/mol. The van der Waals surface area contributed by atoms with Gasteiger partial charge in [-0.25, -0.2) is 0 Å². The third-order valence-corrected chi connectivity index (χ3v) is 6.56. The van der Waals surface area contributed by atoms with Crippen LogP contribution in [0.25, 0.3) is 0 Å². The molecule has 2 aliphatic heterocycles. The monoisotopic (exact) mass is 412 g/mol. The first-order valence-corrected chi connectivity index (χ1v) is 11.5. The number of hydrogen-bond acceptors (Lipinski definition) is 4. The van der Waals surface area contributed by atoms with Gasteiger partial charge < -0.3 is 9.31 Å². The summed E-state index contributed by atoms with van der Waals surface area (Å²) in [5.74, 6) is 1.15. The van der Waals surface area contributed by atoms with Gasteiger partial charge in [0.1, 0.15) is 5.84 Å². The van der Waals surface area contributed by atoms with Crippen molar-refractivity contribution in [2.75, 3.05) is 6.54 Å². The quantitative estimate of drug-likeness (QED) is 0.648. The molecule has 164 valence electrons. The number of carbonyl (C=O) groups is 1. The van der Waals surface area contributed by atoms with Crippen molar-refractivity contribution < 1.29 is 14.1 Å². The largest absolute Gasteiger partial charge is 0.494 e. The first-order chi connectivity index (χ1) is 14.2. The van der Waals surface area contributed by atoms with Crippen LogP contribution in [0, 0.1) is 0 Å². The zero-order valence-corrected chi connectivity index (χ0v) is 19.4. The molecule has 5 nitrogen and oxygen atoms in total. The number of amidine groups is 1. The summed E-state index contributed by atoms with van der Waals surface area (Å²) in [6.07, 6.45) is 6.73. The van der Waals surface area contributed by atoms with Crippen LogP contribution in [-0.2, 0) is 20.6 Å². The molecule has 1 saturated heterocycles. The maximum atomic E-state index is 12.9. The summed E-state index contributed by atoms with van der Waals surface area (Å²) < 4.78 is 12.3. The van der Waals surface area contributed by atoms with Crippen molar-refractivity contribution in [1.29, 1.82) is 0 Å². The van der Waals surface area contributed by atoms with E-state index in [-0.39, 0.29) is 24.2 Å². The minimum Gasteiger partial charge on any atom is -0.399 e. The van der Waals surface area contributed by atoms with Crippen molar-refractivity contribution in [2.45, 2.75) is 97.3 Å². The van der Waals surface area contributed by atoms with Gasteiger partial charge in [0.05, 0.1) is 17.7 Å². The normalized spacial score (nSPS) is 21.8. The molecule has 0 aliphatic carbocycles. The summed E-state index contributed by atoms with van der Waals surface area (Å²) in [5, 5.41) is 0. The lowest BCUT2D eigenvalue weighted by molar-refractivity contribution is -0.128. The van der Waals surface area contributed by atoms with E-state index in [0.717, 1.165) is 61.9 Å². The van der Waals surface area contributed by atoms with Gasteiger partial charge in [-0.15, -0.1) is 0 Å². The second-order valence-corrected chi connectivity index (χ2v) is 9.52. The van der Waals surface area contributed by atoms with E-state index in [1.807, 2.05) is 4.90 Å². The third-order valence-electron chi connectivity index (χ3n) is 6.56. The molecule has 6 heteroatoms. The fourth-order valence-corrected chi connectivity index (χ4v) is 3.81. The molecule has 2 aliphatic rings. The van der Waals surface area contributed by atoms with Gasteiger partial charge in [0.25, 0.3) is 0 Å². The van der Waals surface area contributed by atoms with Crippen LogP contribution in [0.1, 0.15) is 85.1 Å². The summed E-state index contributed by atoms with van der Waals surface area (Å²) in [7, 11) is -0.363. The first-order valence-electron chi connectivity index (χ1n) is 11.5. The maximum Gasteiger partial charge on any atom is 0.494 e. The topological polar surface area (TPSA) is 51.1 Å². The van der Waals surface area contributed by atoms with E-state index < -0.39 is 0 Å². The average Bonchev–Trinajstić information content (AvgIpc) is 2.96. The summed E-state index contributed by atoms with van der Waals surface area (Å²) in [5.41, 5.74) is 1.41. The van der Waals surface area contributed by atoms with E-state index in [4.69, 9.17) is 14.3 Å². The van der Waals surface area contributed by atoms with E-state index >= 15 is 0 Å². The molecule has 1 aromatic carbocycles. The Bertz CT molecular complexity index is 742. The standard InChI is InChI=1S/C24H37BN2O3/c1-6-7-11-21-26-17-10-8-9-12-22(28)27(21)18-19-13-15-20(16-14-19)25-29-23(2,3)24(4,5)30-25/h13-16H,6-12,17-18H2,1-5H3. The molecule has 0 aromatic heterocycles. The second-order valence-electron chi connectivity index (χ2n) is 9.52. The van der Waals surface area contributed by atoms with E-state index in [0.29, 0.717) is 13.0 Å². The molecule has 0 radical (unpaired) electrons. The Morgan fingerprint density at radius 2 is 1.70 bits per heavy atom. The molecule has 0 bridgehead atoms. The Morgan fingerprint density at radius 3 is 2.33 bits per heavy atom. The molecule has 1 fully saturated rings. The Hall–Kier alpha value is -1.66.